The van der Waals surface area contributed by atoms with Crippen molar-refractivity contribution in [3.05, 3.63) is 62.5 Å². The van der Waals surface area contributed by atoms with Gasteiger partial charge in [-0.05, 0) is 54.0 Å². The van der Waals surface area contributed by atoms with Crippen LogP contribution >= 0.6 is 0 Å². The summed E-state index contributed by atoms with van der Waals surface area (Å²) in [5.74, 6) is -2.49. The predicted octanol–water partition coefficient (Wildman–Crippen LogP) is 3.07. The van der Waals surface area contributed by atoms with Crippen LogP contribution in [0.5, 0.6) is 0 Å². The zero-order valence-electron chi connectivity index (χ0n) is 20.3. The highest BCUT2D eigenvalue weighted by Crippen LogP contribution is 2.41. The van der Waals surface area contributed by atoms with Crippen LogP contribution in [0.4, 0.5) is 5.69 Å². The van der Waals surface area contributed by atoms with E-state index < -0.39 is 50.0 Å². The summed E-state index contributed by atoms with van der Waals surface area (Å²) >= 11 is 0. The van der Waals surface area contributed by atoms with Crippen LogP contribution in [0.1, 0.15) is 59.9 Å². The molecule has 10 nitrogen and oxygen atoms in total. The maximum Gasteiger partial charge on any atom is 0.337 e. The lowest BCUT2D eigenvalue weighted by Gasteiger charge is -2.32. The molecule has 1 heterocycles. The van der Waals surface area contributed by atoms with Crippen LogP contribution in [-0.2, 0) is 24.3 Å². The van der Waals surface area contributed by atoms with Crippen molar-refractivity contribution in [2.75, 3.05) is 0 Å². The molecule has 0 spiro atoms. The van der Waals surface area contributed by atoms with Gasteiger partial charge in [-0.2, -0.15) is 0 Å². The van der Waals surface area contributed by atoms with Crippen LogP contribution in [0.2, 0.25) is 0 Å². The molecule has 2 rings (SSSR count). The van der Waals surface area contributed by atoms with E-state index in [0.717, 1.165) is 0 Å². The topological polar surface area (TPSA) is 145 Å². The third-order valence-electron chi connectivity index (χ3n) is 5.24. The number of nitrogens with one attached hydrogen (secondary N) is 2. The first-order valence-electron chi connectivity index (χ1n) is 10.9. The smallest absolute Gasteiger partial charge is 0.337 e. The van der Waals surface area contributed by atoms with Crippen molar-refractivity contribution in [3.8, 4) is 0 Å². The summed E-state index contributed by atoms with van der Waals surface area (Å²) in [6, 6.07) is 5.16. The Balaban J connectivity index is 2.73. The van der Waals surface area contributed by atoms with Gasteiger partial charge in [-0.3, -0.25) is 14.9 Å². The Hall–Kier alpha value is -3.05. The summed E-state index contributed by atoms with van der Waals surface area (Å²) < 4.78 is 33.4. The number of carbonyl (C=O) groups is 2. The Kier molecular flexibility index (Phi) is 8.38. The molecule has 0 fully saturated rings. The van der Waals surface area contributed by atoms with Crippen molar-refractivity contribution in [2.24, 2.45) is 0 Å². The van der Waals surface area contributed by atoms with Gasteiger partial charge in [-0.1, -0.05) is 12.1 Å². The molecule has 2 N–H and O–H groups in total. The molecule has 0 radical (unpaired) electrons. The van der Waals surface area contributed by atoms with Crippen LogP contribution in [0.15, 0.2) is 46.8 Å². The quantitative estimate of drug-likeness (QED) is 0.303. The van der Waals surface area contributed by atoms with Gasteiger partial charge in [0.2, 0.25) is 10.0 Å². The molecule has 1 aromatic carbocycles. The van der Waals surface area contributed by atoms with Gasteiger partial charge in [-0.25, -0.2) is 17.9 Å². The number of sulfonamides is 1. The molecule has 0 amide bonds. The highest BCUT2D eigenvalue weighted by Gasteiger charge is 2.41. The number of nitro groups is 1. The minimum absolute atomic E-state index is 0.0310. The van der Waals surface area contributed by atoms with Crippen LogP contribution in [0.25, 0.3) is 0 Å². The second-order valence-corrected chi connectivity index (χ2v) is 10.8. The van der Waals surface area contributed by atoms with E-state index in [1.807, 2.05) is 0 Å². The molecular weight excluding hydrogens is 462 g/mol. The summed E-state index contributed by atoms with van der Waals surface area (Å²) in [6.07, 6.45) is -0.459. The van der Waals surface area contributed by atoms with E-state index in [9.17, 15) is 28.1 Å². The Morgan fingerprint density at radius 3 is 2.21 bits per heavy atom. The Bertz CT molecular complexity index is 1170. The second kappa shape index (κ2) is 10.5. The number of allylic oxidation sites excluding steroid dienone is 3. The normalized spacial score (nSPS) is 17.6. The summed E-state index contributed by atoms with van der Waals surface area (Å²) in [5.41, 5.74) is 0.957. The predicted molar refractivity (Wildman–Crippen MR) is 127 cm³/mol. The standard InChI is InChI=1S/C23H31N3O7S/c1-12(2)25-34(31,32)16(7)22(27)19-14(5)24-15(6)20(23(28)33-13(3)4)21(19)17-9-8-10-18(11-17)26(29)30/h8-13,16,21,24-25H,1-7H3. The third kappa shape index (κ3) is 5.89. The number of nitrogens with zero attached hydrogens (tertiary/aromatic N) is 1. The first kappa shape index (κ1) is 27.2. The minimum Gasteiger partial charge on any atom is -0.460 e. The molecule has 1 aliphatic heterocycles. The molecule has 186 valence electrons. The Morgan fingerprint density at radius 2 is 1.68 bits per heavy atom. The number of nitro benzene ring substituents is 1. The molecule has 2 atom stereocenters. The fourth-order valence-electron chi connectivity index (χ4n) is 3.81. The first-order chi connectivity index (χ1) is 15.7. The number of Topliss-reactive ketones (excluding diaryl/α,β-unsaturated/α-hetero) is 1. The van der Waals surface area contributed by atoms with Crippen molar-refractivity contribution in [3.63, 3.8) is 0 Å². The second-order valence-electron chi connectivity index (χ2n) is 8.77. The monoisotopic (exact) mass is 493 g/mol. The van der Waals surface area contributed by atoms with Crippen molar-refractivity contribution in [1.29, 1.82) is 0 Å². The van der Waals surface area contributed by atoms with Crippen molar-refractivity contribution in [1.82, 2.24) is 10.0 Å². The average molecular weight is 494 g/mol. The van der Waals surface area contributed by atoms with Crippen molar-refractivity contribution in [2.45, 2.75) is 71.8 Å². The number of hydrogen-bond acceptors (Lipinski definition) is 8. The molecule has 2 unspecified atom stereocenters. The van der Waals surface area contributed by atoms with E-state index >= 15 is 0 Å². The highest BCUT2D eigenvalue weighted by molar-refractivity contribution is 7.90. The summed E-state index contributed by atoms with van der Waals surface area (Å²) in [7, 11) is -4.03. The molecule has 0 saturated carbocycles. The summed E-state index contributed by atoms with van der Waals surface area (Å²) in [4.78, 5) is 37.5. The summed E-state index contributed by atoms with van der Waals surface area (Å²) in [6.45, 7) is 11.1. The van der Waals surface area contributed by atoms with Crippen LogP contribution < -0.4 is 10.0 Å². The molecule has 34 heavy (non-hydrogen) atoms. The minimum atomic E-state index is -4.03. The fraction of sp³-hybridized carbons (Fsp3) is 0.478. The number of benzene rings is 1. The maximum absolute atomic E-state index is 13.6. The Labute approximate surface area is 199 Å². The van der Waals surface area contributed by atoms with E-state index in [1.54, 1.807) is 47.6 Å². The molecule has 0 saturated heterocycles. The van der Waals surface area contributed by atoms with E-state index in [4.69, 9.17) is 4.74 Å². The molecule has 0 bridgehead atoms. The van der Waals surface area contributed by atoms with E-state index in [-0.39, 0.29) is 16.8 Å². The number of non-ortho nitro benzene ring substituents is 1. The van der Waals surface area contributed by atoms with Crippen LogP contribution in [0.3, 0.4) is 0 Å². The van der Waals surface area contributed by atoms with E-state index in [1.165, 1.54) is 25.1 Å². The van der Waals surface area contributed by atoms with E-state index in [2.05, 4.69) is 10.0 Å². The number of esters is 1. The number of rotatable bonds is 9. The van der Waals surface area contributed by atoms with Gasteiger partial charge < -0.3 is 10.1 Å². The van der Waals surface area contributed by atoms with Crippen molar-refractivity contribution < 1.29 is 27.7 Å². The highest BCUT2D eigenvalue weighted by atomic mass is 32.2. The van der Waals surface area contributed by atoms with Gasteiger partial charge in [0, 0.05) is 41.1 Å². The number of hydrogen-bond donors (Lipinski definition) is 2. The average Bonchev–Trinajstić information content (AvgIpc) is 2.70. The first-order valence-corrected chi connectivity index (χ1v) is 12.4. The number of ether oxygens (including phenoxy) is 1. The number of ketones is 1. The largest absolute Gasteiger partial charge is 0.460 e. The molecule has 0 aromatic heterocycles. The lowest BCUT2D eigenvalue weighted by Crippen LogP contribution is -2.43. The zero-order chi connectivity index (χ0) is 26.0. The van der Waals surface area contributed by atoms with E-state index in [0.29, 0.717) is 17.0 Å². The Morgan fingerprint density at radius 1 is 1.09 bits per heavy atom. The summed E-state index contributed by atoms with van der Waals surface area (Å²) in [5, 5.41) is 12.9. The van der Waals surface area contributed by atoms with Gasteiger partial charge >= 0.3 is 5.97 Å². The molecule has 0 aliphatic carbocycles. The number of dihydropyridines is 1. The zero-order valence-corrected chi connectivity index (χ0v) is 21.1. The maximum atomic E-state index is 13.6. The van der Waals surface area contributed by atoms with Gasteiger partial charge in [0.1, 0.15) is 5.25 Å². The van der Waals surface area contributed by atoms with Gasteiger partial charge in [0.05, 0.1) is 16.6 Å². The van der Waals surface area contributed by atoms with Gasteiger partial charge in [-0.15, -0.1) is 0 Å². The molecular formula is C23H31N3O7S. The van der Waals surface area contributed by atoms with Gasteiger partial charge in [0.15, 0.2) is 5.78 Å². The van der Waals surface area contributed by atoms with Crippen molar-refractivity contribution >= 4 is 27.5 Å². The SMILES string of the molecule is CC1=C(C(=O)OC(C)C)C(c2cccc([N+](=O)[O-])c2)C(C(=O)C(C)S(=O)(=O)NC(C)C)=C(C)N1. The molecule has 11 heteroatoms. The van der Waals surface area contributed by atoms with Crippen LogP contribution in [-0.4, -0.2) is 42.5 Å². The van der Waals surface area contributed by atoms with Crippen LogP contribution in [0, 0.1) is 10.1 Å². The molecule has 1 aliphatic rings. The number of carbonyl (C=O) groups excluding carboxylic acids is 2. The fourth-order valence-corrected chi connectivity index (χ4v) is 5.08. The lowest BCUT2D eigenvalue weighted by molar-refractivity contribution is -0.384. The van der Waals surface area contributed by atoms with Gasteiger partial charge in [0.25, 0.3) is 5.69 Å². The third-order valence-corrected chi connectivity index (χ3v) is 7.18. The lowest BCUT2D eigenvalue weighted by atomic mass is 9.78. The molecule has 1 aromatic rings.